The summed E-state index contributed by atoms with van der Waals surface area (Å²) in [6, 6.07) is 5.96. The van der Waals surface area contributed by atoms with Gasteiger partial charge in [0.15, 0.2) is 5.82 Å². The Morgan fingerprint density at radius 1 is 1.15 bits per heavy atom. The molecule has 0 spiro atoms. The smallest absolute Gasteiger partial charge is 0.166 e. The Morgan fingerprint density at radius 3 is 2.45 bits per heavy atom. The highest BCUT2D eigenvalue weighted by Crippen LogP contribution is 2.41. The summed E-state index contributed by atoms with van der Waals surface area (Å²) in [6.45, 7) is 5.92. The molecule has 0 aliphatic carbocycles. The third-order valence-electron chi connectivity index (χ3n) is 3.36. The molecule has 1 aromatic heterocycles. The Labute approximate surface area is 127 Å². The molecule has 2 heterocycles. The van der Waals surface area contributed by atoms with Crippen LogP contribution >= 0.6 is 23.2 Å². The summed E-state index contributed by atoms with van der Waals surface area (Å²) in [4.78, 5) is 8.64. The van der Waals surface area contributed by atoms with Crippen LogP contribution in [0.5, 0.6) is 5.75 Å². The third-order valence-corrected chi connectivity index (χ3v) is 4.09. The Hall–Kier alpha value is -1.32. The van der Waals surface area contributed by atoms with Crippen molar-refractivity contribution in [2.24, 2.45) is 0 Å². The molecular formula is C15H14Cl2N2O. The molecule has 0 saturated heterocycles. The molecule has 0 fully saturated rings. The van der Waals surface area contributed by atoms with Gasteiger partial charge in [-0.1, -0.05) is 35.3 Å². The lowest BCUT2D eigenvalue weighted by molar-refractivity contribution is 0.139. The number of benzene rings is 1. The minimum Gasteiger partial charge on any atom is -0.486 e. The molecule has 0 unspecified atom stereocenters. The van der Waals surface area contributed by atoms with E-state index in [1.165, 1.54) is 0 Å². The first kappa shape index (κ1) is 13.7. The maximum absolute atomic E-state index is 6.10. The van der Waals surface area contributed by atoms with Gasteiger partial charge in [0.25, 0.3) is 0 Å². The number of aromatic nitrogens is 2. The van der Waals surface area contributed by atoms with E-state index in [1.54, 1.807) is 6.92 Å². The van der Waals surface area contributed by atoms with Crippen LogP contribution in [0.15, 0.2) is 18.2 Å². The lowest BCUT2D eigenvalue weighted by Crippen LogP contribution is -2.24. The number of hydrogen-bond acceptors (Lipinski definition) is 3. The summed E-state index contributed by atoms with van der Waals surface area (Å²) in [5.41, 5.74) is 2.46. The van der Waals surface area contributed by atoms with E-state index in [1.807, 2.05) is 12.1 Å². The van der Waals surface area contributed by atoms with E-state index in [2.05, 4.69) is 29.9 Å². The van der Waals surface area contributed by atoms with E-state index in [4.69, 9.17) is 27.9 Å². The molecule has 3 rings (SSSR count). The summed E-state index contributed by atoms with van der Waals surface area (Å²) in [5, 5.41) is 0.740. The predicted molar refractivity (Wildman–Crippen MR) is 80.6 cm³/mol. The third kappa shape index (κ3) is 2.25. The second-order valence-corrected chi connectivity index (χ2v) is 6.30. The molecule has 2 aromatic rings. The van der Waals surface area contributed by atoms with Crippen molar-refractivity contribution in [3.8, 4) is 17.1 Å². The fourth-order valence-corrected chi connectivity index (χ4v) is 2.76. The summed E-state index contributed by atoms with van der Waals surface area (Å²) < 4.78 is 6.02. The van der Waals surface area contributed by atoms with Gasteiger partial charge in [-0.15, -0.1) is 0 Å². The Morgan fingerprint density at radius 2 is 1.80 bits per heavy atom. The number of para-hydroxylation sites is 1. The summed E-state index contributed by atoms with van der Waals surface area (Å²) in [5.74, 6) is 1.33. The number of halogens is 2. The van der Waals surface area contributed by atoms with Crippen LogP contribution in [0.3, 0.4) is 0 Å². The van der Waals surface area contributed by atoms with Crippen LogP contribution < -0.4 is 4.74 Å². The quantitative estimate of drug-likeness (QED) is 0.729. The molecule has 0 saturated carbocycles. The first-order chi connectivity index (χ1) is 9.37. The molecule has 0 N–H and O–H groups in total. The van der Waals surface area contributed by atoms with E-state index < -0.39 is 0 Å². The van der Waals surface area contributed by atoms with Crippen molar-refractivity contribution < 1.29 is 4.74 Å². The van der Waals surface area contributed by atoms with Crippen LogP contribution in [0.2, 0.25) is 10.3 Å². The molecule has 0 amide bonds. The van der Waals surface area contributed by atoms with Gasteiger partial charge >= 0.3 is 0 Å². The molecule has 20 heavy (non-hydrogen) atoms. The fourth-order valence-electron chi connectivity index (χ4n) is 2.38. The van der Waals surface area contributed by atoms with E-state index in [0.717, 1.165) is 23.3 Å². The van der Waals surface area contributed by atoms with Gasteiger partial charge < -0.3 is 4.74 Å². The lowest BCUT2D eigenvalue weighted by atomic mass is 10.0. The molecule has 0 bridgehead atoms. The highest BCUT2D eigenvalue weighted by atomic mass is 35.5. The molecule has 104 valence electrons. The van der Waals surface area contributed by atoms with Gasteiger partial charge in [0, 0.05) is 12.0 Å². The largest absolute Gasteiger partial charge is 0.486 e. The average molecular weight is 309 g/mol. The van der Waals surface area contributed by atoms with Crippen LogP contribution in [0, 0.1) is 6.92 Å². The number of nitrogens with zero attached hydrogens (tertiary/aromatic N) is 2. The molecule has 5 heteroatoms. The molecule has 0 radical (unpaired) electrons. The molecular weight excluding hydrogens is 295 g/mol. The Kier molecular flexibility index (Phi) is 3.14. The van der Waals surface area contributed by atoms with Gasteiger partial charge in [-0.2, -0.15) is 0 Å². The van der Waals surface area contributed by atoms with Crippen molar-refractivity contribution >= 4 is 23.2 Å². The standard InChI is InChI=1S/C15H14Cl2N2O/c1-8-12(16)18-14(19-13(8)17)10-6-4-5-9-7-15(2,3)20-11(9)10/h4-6H,7H2,1-3H3. The maximum Gasteiger partial charge on any atom is 0.166 e. The van der Waals surface area contributed by atoms with Gasteiger partial charge in [0.05, 0.1) is 5.56 Å². The van der Waals surface area contributed by atoms with E-state index in [9.17, 15) is 0 Å². The van der Waals surface area contributed by atoms with Crippen molar-refractivity contribution in [3.63, 3.8) is 0 Å². The van der Waals surface area contributed by atoms with Crippen LogP contribution in [0.25, 0.3) is 11.4 Å². The monoisotopic (exact) mass is 308 g/mol. The molecule has 3 nitrogen and oxygen atoms in total. The average Bonchev–Trinajstić information content (AvgIpc) is 2.68. The summed E-state index contributed by atoms with van der Waals surface area (Å²) in [6.07, 6.45) is 0.865. The maximum atomic E-state index is 6.10. The number of fused-ring (bicyclic) bond motifs is 1. The first-order valence-electron chi connectivity index (χ1n) is 6.38. The van der Waals surface area contributed by atoms with Crippen molar-refractivity contribution in [1.82, 2.24) is 9.97 Å². The summed E-state index contributed by atoms with van der Waals surface area (Å²) in [7, 11) is 0. The van der Waals surface area contributed by atoms with Gasteiger partial charge in [-0.3, -0.25) is 0 Å². The highest BCUT2D eigenvalue weighted by Gasteiger charge is 2.32. The zero-order valence-electron chi connectivity index (χ0n) is 11.5. The Bertz CT molecular complexity index is 675. The second kappa shape index (κ2) is 4.61. The van der Waals surface area contributed by atoms with Crippen molar-refractivity contribution in [2.75, 3.05) is 0 Å². The van der Waals surface area contributed by atoms with E-state index in [0.29, 0.717) is 21.7 Å². The van der Waals surface area contributed by atoms with Crippen LogP contribution in [-0.4, -0.2) is 15.6 Å². The van der Waals surface area contributed by atoms with Crippen molar-refractivity contribution in [3.05, 3.63) is 39.6 Å². The van der Waals surface area contributed by atoms with E-state index in [-0.39, 0.29) is 5.60 Å². The molecule has 1 aliphatic rings. The zero-order chi connectivity index (χ0) is 14.5. The topological polar surface area (TPSA) is 35.0 Å². The fraction of sp³-hybridized carbons (Fsp3) is 0.333. The second-order valence-electron chi connectivity index (χ2n) is 5.59. The zero-order valence-corrected chi connectivity index (χ0v) is 13.0. The van der Waals surface area contributed by atoms with Crippen molar-refractivity contribution in [2.45, 2.75) is 32.8 Å². The van der Waals surface area contributed by atoms with E-state index >= 15 is 0 Å². The normalized spacial score (nSPS) is 15.8. The predicted octanol–water partition coefficient (Wildman–Crippen LogP) is 4.47. The van der Waals surface area contributed by atoms with Gasteiger partial charge in [0.2, 0.25) is 0 Å². The summed E-state index contributed by atoms with van der Waals surface area (Å²) >= 11 is 12.2. The van der Waals surface area contributed by atoms with Gasteiger partial charge in [0.1, 0.15) is 21.7 Å². The van der Waals surface area contributed by atoms with Gasteiger partial charge in [-0.05, 0) is 32.4 Å². The number of ether oxygens (including phenoxy) is 1. The van der Waals surface area contributed by atoms with Crippen molar-refractivity contribution in [1.29, 1.82) is 0 Å². The first-order valence-corrected chi connectivity index (χ1v) is 7.14. The van der Waals surface area contributed by atoms with Gasteiger partial charge in [-0.25, -0.2) is 9.97 Å². The minimum atomic E-state index is -0.212. The lowest BCUT2D eigenvalue weighted by Gasteiger charge is -2.18. The van der Waals surface area contributed by atoms with Crippen LogP contribution in [-0.2, 0) is 6.42 Å². The Balaban J connectivity index is 2.16. The SMILES string of the molecule is Cc1c(Cl)nc(-c2cccc3c2OC(C)(C)C3)nc1Cl. The number of rotatable bonds is 1. The molecule has 1 aromatic carbocycles. The molecule has 0 atom stereocenters. The van der Waals surface area contributed by atoms with Crippen LogP contribution in [0.1, 0.15) is 25.0 Å². The number of hydrogen-bond donors (Lipinski definition) is 0. The highest BCUT2D eigenvalue weighted by molar-refractivity contribution is 6.34. The van der Waals surface area contributed by atoms with Crippen LogP contribution in [0.4, 0.5) is 0 Å². The minimum absolute atomic E-state index is 0.212. The molecule has 1 aliphatic heterocycles.